The fourth-order valence-corrected chi connectivity index (χ4v) is 2.35. The number of nitrogens with zero attached hydrogens (tertiary/aromatic N) is 1. The molecule has 0 saturated heterocycles. The van der Waals surface area contributed by atoms with Gasteiger partial charge in [0.2, 0.25) is 0 Å². The van der Waals surface area contributed by atoms with Gasteiger partial charge in [-0.1, -0.05) is 24.6 Å². The second-order valence-electron chi connectivity index (χ2n) is 4.38. The summed E-state index contributed by atoms with van der Waals surface area (Å²) in [5, 5.41) is 3.26. The lowest BCUT2D eigenvalue weighted by Crippen LogP contribution is -1.89. The Kier molecular flexibility index (Phi) is 1.96. The third-order valence-electron chi connectivity index (χ3n) is 3.22. The minimum atomic E-state index is 0.662. The highest BCUT2D eigenvalue weighted by Crippen LogP contribution is 2.48. The quantitative estimate of drug-likeness (QED) is 0.703. The van der Waals surface area contributed by atoms with Crippen LogP contribution in [-0.4, -0.2) is 4.98 Å². The Morgan fingerprint density at radius 2 is 2.13 bits per heavy atom. The van der Waals surface area contributed by atoms with Gasteiger partial charge in [-0.3, -0.25) is 4.98 Å². The Labute approximate surface area is 94.1 Å². The van der Waals surface area contributed by atoms with Gasteiger partial charge in [-0.25, -0.2) is 0 Å². The Morgan fingerprint density at radius 3 is 2.87 bits per heavy atom. The fraction of sp³-hybridized carbons (Fsp3) is 0.308. The van der Waals surface area contributed by atoms with E-state index in [0.717, 1.165) is 10.9 Å². The summed E-state index contributed by atoms with van der Waals surface area (Å²) in [5.74, 6) is 1.45. The van der Waals surface area contributed by atoms with Gasteiger partial charge in [-0.15, -0.1) is 0 Å². The van der Waals surface area contributed by atoms with Gasteiger partial charge in [0.15, 0.2) is 0 Å². The number of pyridine rings is 1. The van der Waals surface area contributed by atoms with Crippen molar-refractivity contribution >= 4 is 22.4 Å². The largest absolute Gasteiger partial charge is 0.260 e. The van der Waals surface area contributed by atoms with E-state index in [-0.39, 0.29) is 0 Å². The molecular weight excluding hydrogens is 206 g/mol. The van der Waals surface area contributed by atoms with Crippen LogP contribution in [0.4, 0.5) is 0 Å². The predicted octanol–water partition coefficient (Wildman–Crippen LogP) is 4.01. The molecule has 1 aliphatic carbocycles. The van der Waals surface area contributed by atoms with Gasteiger partial charge < -0.3 is 0 Å². The number of rotatable bonds is 1. The highest BCUT2D eigenvalue weighted by atomic mass is 35.5. The molecule has 0 N–H and O–H groups in total. The Hall–Kier alpha value is -1.08. The Bertz CT molecular complexity index is 521. The van der Waals surface area contributed by atoms with Gasteiger partial charge in [0.1, 0.15) is 0 Å². The molecule has 15 heavy (non-hydrogen) atoms. The Morgan fingerprint density at radius 1 is 1.33 bits per heavy atom. The van der Waals surface area contributed by atoms with Crippen LogP contribution in [0.1, 0.15) is 25.0 Å². The van der Waals surface area contributed by atoms with Gasteiger partial charge in [-0.2, -0.15) is 0 Å². The second-order valence-corrected chi connectivity index (χ2v) is 4.82. The molecule has 0 amide bonds. The van der Waals surface area contributed by atoms with E-state index in [1.807, 2.05) is 24.4 Å². The topological polar surface area (TPSA) is 12.9 Å². The third-order valence-corrected chi connectivity index (χ3v) is 3.45. The molecule has 1 heterocycles. The van der Waals surface area contributed by atoms with E-state index < -0.39 is 0 Å². The molecule has 0 radical (unpaired) electrons. The molecule has 2 heteroatoms. The van der Waals surface area contributed by atoms with Crippen LogP contribution in [0.25, 0.3) is 10.8 Å². The van der Waals surface area contributed by atoms with Crippen molar-refractivity contribution < 1.29 is 0 Å². The van der Waals surface area contributed by atoms with Crippen LogP contribution >= 0.6 is 11.6 Å². The molecule has 2 atom stereocenters. The van der Waals surface area contributed by atoms with Crippen molar-refractivity contribution in [1.29, 1.82) is 0 Å². The van der Waals surface area contributed by atoms with Crippen LogP contribution in [0.5, 0.6) is 0 Å². The molecule has 3 rings (SSSR count). The smallest absolute Gasteiger partial charge is 0.0515 e. The van der Waals surface area contributed by atoms with Crippen molar-refractivity contribution in [3.05, 3.63) is 41.2 Å². The molecule has 1 aliphatic rings. The molecule has 0 spiro atoms. The van der Waals surface area contributed by atoms with Crippen molar-refractivity contribution in [3.8, 4) is 0 Å². The summed E-state index contributed by atoms with van der Waals surface area (Å²) in [6, 6.07) is 8.07. The summed E-state index contributed by atoms with van der Waals surface area (Å²) >= 11 is 5.97. The van der Waals surface area contributed by atoms with E-state index in [1.165, 1.54) is 22.9 Å². The first-order valence-electron chi connectivity index (χ1n) is 5.30. The third kappa shape index (κ3) is 1.51. The van der Waals surface area contributed by atoms with Crippen molar-refractivity contribution in [2.75, 3.05) is 0 Å². The molecule has 1 aromatic heterocycles. The fourth-order valence-electron chi connectivity index (χ4n) is 2.17. The summed E-state index contributed by atoms with van der Waals surface area (Å²) in [5.41, 5.74) is 1.25. The van der Waals surface area contributed by atoms with Crippen LogP contribution in [0.15, 0.2) is 30.5 Å². The van der Waals surface area contributed by atoms with E-state index in [1.54, 1.807) is 0 Å². The zero-order valence-electron chi connectivity index (χ0n) is 8.57. The van der Waals surface area contributed by atoms with Crippen LogP contribution in [0, 0.1) is 5.92 Å². The molecule has 2 aromatic rings. The van der Waals surface area contributed by atoms with E-state index in [0.29, 0.717) is 5.92 Å². The van der Waals surface area contributed by atoms with Crippen LogP contribution < -0.4 is 0 Å². The predicted molar refractivity (Wildman–Crippen MR) is 63.3 cm³/mol. The average Bonchev–Trinajstić information content (AvgIpc) is 2.94. The number of fused-ring (bicyclic) bond motifs is 1. The van der Waals surface area contributed by atoms with Crippen molar-refractivity contribution in [1.82, 2.24) is 4.98 Å². The second kappa shape index (κ2) is 3.21. The van der Waals surface area contributed by atoms with Crippen LogP contribution in [-0.2, 0) is 0 Å². The lowest BCUT2D eigenvalue weighted by atomic mass is 10.1. The van der Waals surface area contributed by atoms with Crippen LogP contribution in [0.2, 0.25) is 5.02 Å². The maximum atomic E-state index is 5.97. The van der Waals surface area contributed by atoms with Crippen molar-refractivity contribution in [3.63, 3.8) is 0 Å². The summed E-state index contributed by atoms with van der Waals surface area (Å²) < 4.78 is 0. The van der Waals surface area contributed by atoms with E-state index >= 15 is 0 Å². The van der Waals surface area contributed by atoms with E-state index in [4.69, 9.17) is 11.6 Å². The Balaban J connectivity index is 2.22. The number of hydrogen-bond acceptors (Lipinski definition) is 1. The van der Waals surface area contributed by atoms with E-state index in [2.05, 4.69) is 18.0 Å². The average molecular weight is 218 g/mol. The van der Waals surface area contributed by atoms with Gasteiger partial charge in [0.05, 0.1) is 5.69 Å². The molecule has 1 nitrogen and oxygen atoms in total. The molecular formula is C13H12ClN. The summed E-state index contributed by atoms with van der Waals surface area (Å²) in [6.45, 7) is 2.28. The van der Waals surface area contributed by atoms with Crippen LogP contribution in [0.3, 0.4) is 0 Å². The first-order valence-corrected chi connectivity index (χ1v) is 5.67. The first-order chi connectivity index (χ1) is 7.25. The highest BCUT2D eigenvalue weighted by molar-refractivity contribution is 6.31. The minimum absolute atomic E-state index is 0.662. The van der Waals surface area contributed by atoms with Gasteiger partial charge >= 0.3 is 0 Å². The van der Waals surface area contributed by atoms with Crippen molar-refractivity contribution in [2.45, 2.75) is 19.3 Å². The monoisotopic (exact) mass is 217 g/mol. The summed E-state index contributed by atoms with van der Waals surface area (Å²) in [4.78, 5) is 4.51. The van der Waals surface area contributed by atoms with Gasteiger partial charge in [0, 0.05) is 22.5 Å². The number of benzene rings is 1. The molecule has 1 fully saturated rings. The maximum absolute atomic E-state index is 5.97. The first kappa shape index (κ1) is 9.17. The zero-order chi connectivity index (χ0) is 10.4. The summed E-state index contributed by atoms with van der Waals surface area (Å²) in [7, 11) is 0. The molecule has 1 saturated carbocycles. The van der Waals surface area contributed by atoms with Gasteiger partial charge in [-0.05, 0) is 35.9 Å². The molecule has 0 bridgehead atoms. The lowest BCUT2D eigenvalue weighted by molar-refractivity contribution is 0.894. The summed E-state index contributed by atoms with van der Waals surface area (Å²) in [6.07, 6.45) is 3.16. The van der Waals surface area contributed by atoms with E-state index in [9.17, 15) is 0 Å². The number of aromatic nitrogens is 1. The standard InChI is InChI=1S/C13H12ClN/c1-8-6-12(8)13-11-3-2-10(14)7-9(11)4-5-15-13/h2-5,7-8,12H,6H2,1H3/t8-,12?/m1/s1. The van der Waals surface area contributed by atoms with Crippen molar-refractivity contribution in [2.24, 2.45) is 5.92 Å². The molecule has 1 unspecified atom stereocenters. The molecule has 76 valence electrons. The zero-order valence-corrected chi connectivity index (χ0v) is 9.33. The SMILES string of the molecule is C[C@@H]1CC1c1nccc2cc(Cl)ccc12. The van der Waals surface area contributed by atoms with Gasteiger partial charge in [0.25, 0.3) is 0 Å². The number of halogens is 1. The minimum Gasteiger partial charge on any atom is -0.260 e. The maximum Gasteiger partial charge on any atom is 0.0515 e. The molecule has 0 aliphatic heterocycles. The molecule has 1 aromatic carbocycles. The highest BCUT2D eigenvalue weighted by Gasteiger charge is 2.36. The number of hydrogen-bond donors (Lipinski definition) is 0. The normalized spacial score (nSPS) is 24.4. The lowest BCUT2D eigenvalue weighted by Gasteiger charge is -2.04.